The van der Waals surface area contributed by atoms with E-state index in [-0.39, 0.29) is 5.97 Å². The molecular weight excluding hydrogens is 280 g/mol. The maximum absolute atomic E-state index is 11.4. The summed E-state index contributed by atoms with van der Waals surface area (Å²) in [6.07, 6.45) is 4.55. The van der Waals surface area contributed by atoms with Gasteiger partial charge in [0, 0.05) is 17.5 Å². The normalized spacial score (nSPS) is 13.8. The van der Waals surface area contributed by atoms with Gasteiger partial charge in [0.25, 0.3) is 0 Å². The molecule has 1 aromatic rings. The number of ether oxygens (including phenoxy) is 2. The molecule has 0 amide bonds. The molecule has 0 spiro atoms. The number of carbonyl (C=O) groups is 1. The molecule has 0 radical (unpaired) electrons. The lowest BCUT2D eigenvalue weighted by Gasteiger charge is -2.25. The summed E-state index contributed by atoms with van der Waals surface area (Å²) < 4.78 is 10.4. The first kappa shape index (κ1) is 16.4. The first-order valence-corrected chi connectivity index (χ1v) is 7.79. The van der Waals surface area contributed by atoms with Gasteiger partial charge in [-0.15, -0.1) is 0 Å². The van der Waals surface area contributed by atoms with Crippen LogP contribution in [0.5, 0.6) is 5.75 Å². The lowest BCUT2D eigenvalue weighted by molar-refractivity contribution is -0.140. The van der Waals surface area contributed by atoms with Gasteiger partial charge in [-0.1, -0.05) is 19.4 Å². The molecule has 0 aromatic heterocycles. The smallest absolute Gasteiger partial charge is 0.305 e. The number of phenolic OH excluding ortho intramolecular Hbond substituents is 1. The highest BCUT2D eigenvalue weighted by Gasteiger charge is 2.24. The fourth-order valence-corrected chi connectivity index (χ4v) is 3.10. The van der Waals surface area contributed by atoms with Crippen LogP contribution >= 0.6 is 0 Å². The van der Waals surface area contributed by atoms with Crippen LogP contribution in [0.3, 0.4) is 0 Å². The van der Waals surface area contributed by atoms with Crippen molar-refractivity contribution in [2.45, 2.75) is 45.4 Å². The first-order valence-electron chi connectivity index (χ1n) is 7.79. The molecule has 0 fully saturated rings. The third kappa shape index (κ3) is 3.26. The SMILES string of the molecule is CCCc1c(O)ccc2c1C(OC)=C(CCC(=O)OC)CC2. The summed E-state index contributed by atoms with van der Waals surface area (Å²) in [6.45, 7) is 2.09. The zero-order valence-electron chi connectivity index (χ0n) is 13.6. The minimum atomic E-state index is -0.210. The topological polar surface area (TPSA) is 55.8 Å². The van der Waals surface area contributed by atoms with Crippen molar-refractivity contribution in [3.63, 3.8) is 0 Å². The number of aryl methyl sites for hydroxylation is 1. The fourth-order valence-electron chi connectivity index (χ4n) is 3.10. The second kappa shape index (κ2) is 7.34. The molecule has 120 valence electrons. The van der Waals surface area contributed by atoms with E-state index in [9.17, 15) is 9.90 Å². The number of allylic oxidation sites excluding steroid dienone is 1. The van der Waals surface area contributed by atoms with Gasteiger partial charge in [-0.25, -0.2) is 0 Å². The van der Waals surface area contributed by atoms with Crippen molar-refractivity contribution in [2.24, 2.45) is 0 Å². The molecule has 22 heavy (non-hydrogen) atoms. The Hall–Kier alpha value is -1.97. The number of carbonyl (C=O) groups excluding carboxylic acids is 1. The summed E-state index contributed by atoms with van der Waals surface area (Å²) in [5.74, 6) is 0.937. The third-order valence-electron chi connectivity index (χ3n) is 4.18. The zero-order valence-corrected chi connectivity index (χ0v) is 13.6. The Morgan fingerprint density at radius 3 is 2.64 bits per heavy atom. The molecule has 0 heterocycles. The van der Waals surface area contributed by atoms with Gasteiger partial charge in [0.2, 0.25) is 0 Å². The fraction of sp³-hybridized carbons (Fsp3) is 0.500. The number of esters is 1. The van der Waals surface area contributed by atoms with Crippen molar-refractivity contribution < 1.29 is 19.4 Å². The van der Waals surface area contributed by atoms with Crippen LogP contribution in [0.4, 0.5) is 0 Å². The van der Waals surface area contributed by atoms with Crippen LogP contribution in [0.25, 0.3) is 5.76 Å². The number of phenols is 1. The van der Waals surface area contributed by atoms with E-state index >= 15 is 0 Å². The van der Waals surface area contributed by atoms with Crippen molar-refractivity contribution in [1.82, 2.24) is 0 Å². The van der Waals surface area contributed by atoms with Crippen LogP contribution in [-0.2, 0) is 27.1 Å². The lowest BCUT2D eigenvalue weighted by atomic mass is 9.84. The van der Waals surface area contributed by atoms with Gasteiger partial charge in [0.1, 0.15) is 11.5 Å². The molecular formula is C18H24O4. The second-order valence-corrected chi connectivity index (χ2v) is 5.56. The molecule has 1 aliphatic carbocycles. The largest absolute Gasteiger partial charge is 0.508 e. The van der Waals surface area contributed by atoms with Crippen molar-refractivity contribution in [3.8, 4) is 5.75 Å². The van der Waals surface area contributed by atoms with Gasteiger partial charge in [-0.05, 0) is 42.9 Å². The standard InChI is InChI=1S/C18H24O4/c1-4-5-14-15(19)10-8-12-6-7-13(9-11-16(20)21-2)18(22-3)17(12)14/h8,10,19H,4-7,9,11H2,1-3H3. The Bertz CT molecular complexity index is 587. The molecule has 0 bridgehead atoms. The maximum atomic E-state index is 11.4. The summed E-state index contributed by atoms with van der Waals surface area (Å²) in [7, 11) is 3.06. The Labute approximate surface area is 131 Å². The molecule has 1 N–H and O–H groups in total. The number of methoxy groups -OCH3 is 2. The van der Waals surface area contributed by atoms with E-state index in [4.69, 9.17) is 9.47 Å². The Morgan fingerprint density at radius 2 is 2.00 bits per heavy atom. The van der Waals surface area contributed by atoms with Crippen LogP contribution in [0.1, 0.15) is 49.3 Å². The molecule has 0 atom stereocenters. The van der Waals surface area contributed by atoms with E-state index < -0.39 is 0 Å². The van der Waals surface area contributed by atoms with Crippen LogP contribution in [0, 0.1) is 0 Å². The van der Waals surface area contributed by atoms with E-state index in [0.717, 1.165) is 48.1 Å². The van der Waals surface area contributed by atoms with E-state index in [1.165, 1.54) is 12.7 Å². The second-order valence-electron chi connectivity index (χ2n) is 5.56. The van der Waals surface area contributed by atoms with E-state index in [1.807, 2.05) is 6.07 Å². The summed E-state index contributed by atoms with van der Waals surface area (Å²) in [6, 6.07) is 3.75. The van der Waals surface area contributed by atoms with E-state index in [2.05, 4.69) is 6.92 Å². The maximum Gasteiger partial charge on any atom is 0.305 e. The predicted octanol–water partition coefficient (Wildman–Crippen LogP) is 3.60. The first-order chi connectivity index (χ1) is 10.6. The third-order valence-corrected chi connectivity index (χ3v) is 4.18. The molecule has 4 heteroatoms. The summed E-state index contributed by atoms with van der Waals surface area (Å²) >= 11 is 0. The van der Waals surface area contributed by atoms with Crippen molar-refractivity contribution in [3.05, 3.63) is 34.4 Å². The van der Waals surface area contributed by atoms with Gasteiger partial charge in [-0.3, -0.25) is 4.79 Å². The van der Waals surface area contributed by atoms with Gasteiger partial charge in [0.05, 0.1) is 14.2 Å². The van der Waals surface area contributed by atoms with Crippen molar-refractivity contribution in [1.29, 1.82) is 0 Å². The van der Waals surface area contributed by atoms with Crippen LogP contribution in [-0.4, -0.2) is 25.3 Å². The average Bonchev–Trinajstić information content (AvgIpc) is 2.54. The Morgan fingerprint density at radius 1 is 1.23 bits per heavy atom. The number of fused-ring (bicyclic) bond motifs is 1. The summed E-state index contributed by atoms with van der Waals surface area (Å²) in [5.41, 5.74) is 4.31. The molecule has 1 aliphatic rings. The summed E-state index contributed by atoms with van der Waals surface area (Å²) in [5, 5.41) is 10.2. The predicted molar refractivity (Wildman–Crippen MR) is 85.6 cm³/mol. The lowest BCUT2D eigenvalue weighted by Crippen LogP contribution is -2.11. The molecule has 2 rings (SSSR count). The number of hydrogen-bond donors (Lipinski definition) is 1. The highest BCUT2D eigenvalue weighted by molar-refractivity contribution is 5.74. The van der Waals surface area contributed by atoms with Gasteiger partial charge < -0.3 is 14.6 Å². The van der Waals surface area contributed by atoms with Crippen molar-refractivity contribution >= 4 is 11.7 Å². The minimum absolute atomic E-state index is 0.210. The molecule has 0 saturated carbocycles. The van der Waals surface area contributed by atoms with Crippen molar-refractivity contribution in [2.75, 3.05) is 14.2 Å². The minimum Gasteiger partial charge on any atom is -0.508 e. The number of aromatic hydroxyl groups is 1. The molecule has 1 aromatic carbocycles. The summed E-state index contributed by atoms with van der Waals surface area (Å²) in [4.78, 5) is 11.4. The molecule has 0 aliphatic heterocycles. The Balaban J connectivity index is 2.43. The number of rotatable bonds is 6. The van der Waals surface area contributed by atoms with E-state index in [1.54, 1.807) is 13.2 Å². The molecule has 0 unspecified atom stereocenters. The van der Waals surface area contributed by atoms with Gasteiger partial charge >= 0.3 is 5.97 Å². The average molecular weight is 304 g/mol. The van der Waals surface area contributed by atoms with Gasteiger partial charge in [-0.2, -0.15) is 0 Å². The highest BCUT2D eigenvalue weighted by Crippen LogP contribution is 2.39. The van der Waals surface area contributed by atoms with Crippen LogP contribution < -0.4 is 0 Å². The zero-order chi connectivity index (χ0) is 16.1. The molecule has 4 nitrogen and oxygen atoms in total. The number of hydrogen-bond acceptors (Lipinski definition) is 4. The Kier molecular flexibility index (Phi) is 5.47. The van der Waals surface area contributed by atoms with Crippen LogP contribution in [0.15, 0.2) is 17.7 Å². The number of benzene rings is 1. The van der Waals surface area contributed by atoms with E-state index in [0.29, 0.717) is 18.6 Å². The van der Waals surface area contributed by atoms with Gasteiger partial charge in [0.15, 0.2) is 0 Å². The highest BCUT2D eigenvalue weighted by atomic mass is 16.5. The molecule has 0 saturated heterocycles. The quantitative estimate of drug-likeness (QED) is 0.816. The van der Waals surface area contributed by atoms with Crippen LogP contribution in [0.2, 0.25) is 0 Å². The monoisotopic (exact) mass is 304 g/mol.